The third-order valence-electron chi connectivity index (χ3n) is 11.5. The highest BCUT2D eigenvalue weighted by atomic mass is 16.5. The minimum Gasteiger partial charge on any atom is -0.457 e. The van der Waals surface area contributed by atoms with Crippen LogP contribution in [-0.4, -0.2) is 9.13 Å². The highest BCUT2D eigenvalue weighted by Gasteiger charge is 2.52. The van der Waals surface area contributed by atoms with Gasteiger partial charge in [0.05, 0.1) is 27.5 Å². The van der Waals surface area contributed by atoms with Crippen LogP contribution in [0.5, 0.6) is 11.5 Å². The molecule has 2 aliphatic rings. The Bertz CT molecular complexity index is 3000. The van der Waals surface area contributed by atoms with E-state index in [4.69, 9.17) is 4.74 Å². The summed E-state index contributed by atoms with van der Waals surface area (Å²) in [6, 6.07) is 57.1. The van der Waals surface area contributed by atoms with Crippen molar-refractivity contribution in [2.75, 3.05) is 0 Å². The first kappa shape index (κ1) is 29.8. The lowest BCUT2D eigenvalue weighted by atomic mass is 9.65. The number of aromatic nitrogens is 2. The van der Waals surface area contributed by atoms with Crippen LogP contribution in [0.2, 0.25) is 0 Å². The molecule has 0 unspecified atom stereocenters. The van der Waals surface area contributed by atoms with E-state index in [2.05, 4.69) is 193 Å². The van der Waals surface area contributed by atoms with E-state index < -0.39 is 5.41 Å². The van der Waals surface area contributed by atoms with Gasteiger partial charge in [0, 0.05) is 44.0 Å². The highest BCUT2D eigenvalue weighted by Crippen LogP contribution is 2.63. The van der Waals surface area contributed by atoms with Crippen LogP contribution in [0.4, 0.5) is 0 Å². The average molecular weight is 679 g/mol. The van der Waals surface area contributed by atoms with Gasteiger partial charge in [0.15, 0.2) is 0 Å². The molecule has 9 aromatic rings. The van der Waals surface area contributed by atoms with Gasteiger partial charge in [-0.05, 0) is 95.9 Å². The maximum absolute atomic E-state index is 6.64. The number of ether oxygens (including phenoxy) is 1. The Morgan fingerprint density at radius 2 is 1.04 bits per heavy atom. The Kier molecular flexibility index (Phi) is 6.24. The summed E-state index contributed by atoms with van der Waals surface area (Å²) in [5.41, 5.74) is 13.6. The molecule has 1 aliphatic carbocycles. The largest absolute Gasteiger partial charge is 0.457 e. The normalized spacial score (nSPS) is 15.7. The third-order valence-corrected chi connectivity index (χ3v) is 11.5. The summed E-state index contributed by atoms with van der Waals surface area (Å²) < 4.78 is 11.5. The number of hydrogen-bond acceptors (Lipinski definition) is 1. The molecule has 3 heteroatoms. The molecule has 1 spiro atoms. The predicted octanol–water partition coefficient (Wildman–Crippen LogP) is 12.9. The Hall–Kier alpha value is -6.84. The van der Waals surface area contributed by atoms with Gasteiger partial charge in [-0.25, -0.2) is 0 Å². The molecule has 0 fully saturated rings. The smallest absolute Gasteiger partial charge is 0.132 e. The molecule has 53 heavy (non-hydrogen) atoms. The predicted molar refractivity (Wildman–Crippen MR) is 220 cm³/mol. The van der Waals surface area contributed by atoms with Gasteiger partial charge in [0.2, 0.25) is 0 Å². The van der Waals surface area contributed by atoms with Crippen molar-refractivity contribution in [3.05, 3.63) is 210 Å². The van der Waals surface area contributed by atoms with Crippen molar-refractivity contribution in [3.8, 4) is 22.9 Å². The van der Waals surface area contributed by atoms with Gasteiger partial charge >= 0.3 is 0 Å². The SMILES string of the molecule is C=CC=C1/C(=C\C)c2cc3c4cc5c6ccccc6n(-c6ccccc6)c5cc4n(-c4ccccc4)c3cc2C12c1ccccc1Oc1ccccc12. The summed E-state index contributed by atoms with van der Waals surface area (Å²) in [7, 11) is 0. The second-order valence-corrected chi connectivity index (χ2v) is 14.0. The molecule has 0 radical (unpaired) electrons. The lowest BCUT2D eigenvalue weighted by Crippen LogP contribution is -2.32. The van der Waals surface area contributed by atoms with Crippen LogP contribution in [0.25, 0.3) is 60.6 Å². The quantitative estimate of drug-likeness (QED) is 0.182. The number of para-hydroxylation sites is 5. The van der Waals surface area contributed by atoms with Gasteiger partial charge in [-0.3, -0.25) is 0 Å². The number of rotatable bonds is 3. The first-order valence-electron chi connectivity index (χ1n) is 18.3. The molecular weight excluding hydrogens is 645 g/mol. The second-order valence-electron chi connectivity index (χ2n) is 14.0. The van der Waals surface area contributed by atoms with Crippen LogP contribution in [0.3, 0.4) is 0 Å². The van der Waals surface area contributed by atoms with E-state index in [1.165, 1.54) is 65.9 Å². The number of allylic oxidation sites excluding steroid dienone is 5. The number of benzene rings is 7. The number of hydrogen-bond donors (Lipinski definition) is 0. The number of fused-ring (bicyclic) bond motifs is 12. The van der Waals surface area contributed by atoms with Crippen molar-refractivity contribution >= 4 is 49.2 Å². The molecule has 1 aliphatic heterocycles. The zero-order chi connectivity index (χ0) is 35.3. The van der Waals surface area contributed by atoms with E-state index in [0.29, 0.717) is 0 Å². The van der Waals surface area contributed by atoms with E-state index in [-0.39, 0.29) is 0 Å². The standard InChI is InChI=1S/C50H34N2O/c1-3-17-40-34(4-2)36-28-38-39-29-37-35-22-11-14-25-44(35)51(32-18-7-5-8-19-32)46(37)31-47(39)52(33-20-9-6-10-21-33)45(38)30-43(36)50(40)41-23-12-15-26-48(41)53-49-27-16-13-24-42(49)50/h3-31H,1H2,2H3/b34-4-,40-17?. The molecular formula is C50H34N2O. The van der Waals surface area contributed by atoms with Crippen molar-refractivity contribution in [3.63, 3.8) is 0 Å². The lowest BCUT2D eigenvalue weighted by molar-refractivity contribution is 0.436. The van der Waals surface area contributed by atoms with Gasteiger partial charge in [-0.2, -0.15) is 0 Å². The van der Waals surface area contributed by atoms with Gasteiger partial charge in [-0.1, -0.05) is 116 Å². The summed E-state index contributed by atoms with van der Waals surface area (Å²) in [6.45, 7) is 6.38. The fourth-order valence-corrected chi connectivity index (χ4v) is 9.48. The molecule has 2 aromatic heterocycles. The lowest BCUT2D eigenvalue weighted by Gasteiger charge is -2.39. The van der Waals surface area contributed by atoms with E-state index in [1.54, 1.807) is 0 Å². The van der Waals surface area contributed by atoms with Gasteiger partial charge in [0.1, 0.15) is 11.5 Å². The van der Waals surface area contributed by atoms with Crippen molar-refractivity contribution in [1.29, 1.82) is 0 Å². The number of nitrogens with zero attached hydrogens (tertiary/aromatic N) is 2. The van der Waals surface area contributed by atoms with Crippen LogP contribution < -0.4 is 4.74 Å². The third kappa shape index (κ3) is 3.88. The van der Waals surface area contributed by atoms with Crippen LogP contribution >= 0.6 is 0 Å². The second kappa shape index (κ2) is 11.1. The Balaban J connectivity index is 1.33. The highest BCUT2D eigenvalue weighted by molar-refractivity contribution is 6.20. The minimum absolute atomic E-state index is 0.603. The molecule has 0 atom stereocenters. The Morgan fingerprint density at radius 1 is 0.509 bits per heavy atom. The molecule has 3 heterocycles. The maximum atomic E-state index is 6.64. The van der Waals surface area contributed by atoms with Crippen molar-refractivity contribution in [2.24, 2.45) is 0 Å². The Labute approximate surface area is 307 Å². The van der Waals surface area contributed by atoms with E-state index in [0.717, 1.165) is 34.0 Å². The van der Waals surface area contributed by atoms with Gasteiger partial charge < -0.3 is 13.9 Å². The molecule has 3 nitrogen and oxygen atoms in total. The zero-order valence-electron chi connectivity index (χ0n) is 29.3. The molecule has 250 valence electrons. The average Bonchev–Trinajstić information content (AvgIpc) is 3.80. The molecule has 0 saturated carbocycles. The molecule has 7 aromatic carbocycles. The first-order chi connectivity index (χ1) is 26.2. The van der Waals surface area contributed by atoms with Crippen LogP contribution in [-0.2, 0) is 5.41 Å². The van der Waals surface area contributed by atoms with Crippen LogP contribution in [0.15, 0.2) is 188 Å². The summed E-state index contributed by atoms with van der Waals surface area (Å²) >= 11 is 0. The minimum atomic E-state index is -0.603. The summed E-state index contributed by atoms with van der Waals surface area (Å²) in [6.07, 6.45) is 6.42. The Morgan fingerprint density at radius 3 is 1.68 bits per heavy atom. The van der Waals surface area contributed by atoms with Gasteiger partial charge in [-0.15, -0.1) is 0 Å². The zero-order valence-corrected chi connectivity index (χ0v) is 29.3. The fourth-order valence-electron chi connectivity index (χ4n) is 9.48. The monoisotopic (exact) mass is 678 g/mol. The van der Waals surface area contributed by atoms with Gasteiger partial charge in [0.25, 0.3) is 0 Å². The molecule has 11 rings (SSSR count). The van der Waals surface area contributed by atoms with Crippen LogP contribution in [0.1, 0.15) is 29.2 Å². The maximum Gasteiger partial charge on any atom is 0.132 e. The van der Waals surface area contributed by atoms with Crippen molar-refractivity contribution < 1.29 is 4.74 Å². The fraction of sp³-hybridized carbons (Fsp3) is 0.0400. The van der Waals surface area contributed by atoms with E-state index in [1.807, 2.05) is 6.08 Å². The molecule has 0 bridgehead atoms. The molecule has 0 N–H and O–H groups in total. The van der Waals surface area contributed by atoms with Crippen molar-refractivity contribution in [1.82, 2.24) is 9.13 Å². The topological polar surface area (TPSA) is 19.1 Å². The first-order valence-corrected chi connectivity index (χ1v) is 18.3. The van der Waals surface area contributed by atoms with Crippen LogP contribution in [0, 0.1) is 0 Å². The molecule has 0 amide bonds. The van der Waals surface area contributed by atoms with E-state index >= 15 is 0 Å². The summed E-state index contributed by atoms with van der Waals surface area (Å²) in [5.74, 6) is 1.76. The molecule has 0 saturated heterocycles. The van der Waals surface area contributed by atoms with E-state index in [9.17, 15) is 0 Å². The summed E-state index contributed by atoms with van der Waals surface area (Å²) in [5, 5.41) is 4.94. The summed E-state index contributed by atoms with van der Waals surface area (Å²) in [4.78, 5) is 0. The van der Waals surface area contributed by atoms with Crippen molar-refractivity contribution in [2.45, 2.75) is 12.3 Å².